The Bertz CT molecular complexity index is 347. The van der Waals surface area contributed by atoms with Gasteiger partial charge in [-0.05, 0) is 40.7 Å². The van der Waals surface area contributed by atoms with Crippen LogP contribution in [0.1, 0.15) is 34.1 Å². The molecule has 1 aliphatic heterocycles. The molecule has 0 unspecified atom stereocenters. The maximum Gasteiger partial charge on any atom is 0.214 e. The molecule has 0 aromatic heterocycles. The van der Waals surface area contributed by atoms with Gasteiger partial charge in [0.15, 0.2) is 0 Å². The average Bonchev–Trinajstić information content (AvgIpc) is 2.09. The summed E-state index contributed by atoms with van der Waals surface area (Å²) < 4.78 is 31.7. The van der Waals surface area contributed by atoms with Crippen molar-refractivity contribution in [1.82, 2.24) is 4.31 Å². The minimum Gasteiger partial charge on any atom is -0.367 e. The zero-order valence-electron chi connectivity index (χ0n) is 11.2. The van der Waals surface area contributed by atoms with Crippen LogP contribution in [0.15, 0.2) is 0 Å². The Hall–Kier alpha value is -0.170. The Morgan fingerprint density at radius 1 is 1.18 bits per heavy atom. The van der Waals surface area contributed by atoms with E-state index in [0.717, 1.165) is 0 Å². The molecule has 17 heavy (non-hydrogen) atoms. The smallest absolute Gasteiger partial charge is 0.214 e. The van der Waals surface area contributed by atoms with Gasteiger partial charge in [0.25, 0.3) is 0 Å². The van der Waals surface area contributed by atoms with Crippen LogP contribution in [0.5, 0.6) is 0 Å². The summed E-state index contributed by atoms with van der Waals surface area (Å²) in [6.45, 7) is 8.88. The van der Waals surface area contributed by atoms with Crippen molar-refractivity contribution in [3.05, 3.63) is 0 Å². The summed E-state index contributed by atoms with van der Waals surface area (Å²) in [5.74, 6) is 0.121. The molecule has 0 saturated carbocycles. The van der Waals surface area contributed by atoms with Crippen molar-refractivity contribution in [1.29, 1.82) is 0 Å². The van der Waals surface area contributed by atoms with Crippen LogP contribution in [-0.4, -0.2) is 49.3 Å². The fourth-order valence-electron chi connectivity index (χ4n) is 2.31. The van der Waals surface area contributed by atoms with E-state index < -0.39 is 21.2 Å². The van der Waals surface area contributed by atoms with Crippen LogP contribution in [0.3, 0.4) is 0 Å². The molecule has 0 aliphatic carbocycles. The molecule has 0 aromatic rings. The Labute approximate surface area is 104 Å². The third-order valence-electron chi connectivity index (χ3n) is 2.67. The van der Waals surface area contributed by atoms with Crippen LogP contribution < -0.4 is 5.73 Å². The number of rotatable bonds is 4. The summed E-state index contributed by atoms with van der Waals surface area (Å²) in [5, 5.41) is 0. The van der Waals surface area contributed by atoms with Gasteiger partial charge in [0.1, 0.15) is 0 Å². The van der Waals surface area contributed by atoms with Crippen molar-refractivity contribution >= 4 is 10.0 Å². The minimum absolute atomic E-state index is 0.121. The molecule has 102 valence electrons. The highest BCUT2D eigenvalue weighted by Gasteiger charge is 2.42. The summed E-state index contributed by atoms with van der Waals surface area (Å²) in [7, 11) is -3.21. The average molecular weight is 264 g/mol. The largest absolute Gasteiger partial charge is 0.367 e. The fraction of sp³-hybridized carbons (Fsp3) is 1.00. The van der Waals surface area contributed by atoms with Gasteiger partial charge in [-0.3, -0.25) is 0 Å². The van der Waals surface area contributed by atoms with E-state index in [1.165, 1.54) is 4.31 Å². The van der Waals surface area contributed by atoms with E-state index in [2.05, 4.69) is 0 Å². The lowest BCUT2D eigenvalue weighted by Crippen LogP contribution is -2.58. The number of nitrogens with zero attached hydrogens (tertiary/aromatic N) is 1. The van der Waals surface area contributed by atoms with Gasteiger partial charge in [-0.15, -0.1) is 0 Å². The predicted octanol–water partition coefficient (Wildman–Crippen LogP) is 0.554. The second-order valence-electron chi connectivity index (χ2n) is 5.85. The van der Waals surface area contributed by atoms with E-state index in [1.54, 1.807) is 0 Å². The molecule has 2 N–H and O–H groups in total. The SMILES string of the molecule is CC1(C)CN(S(=O)(=O)CCCN)CC(C)(C)O1. The van der Waals surface area contributed by atoms with Gasteiger partial charge >= 0.3 is 0 Å². The highest BCUT2D eigenvalue weighted by Crippen LogP contribution is 2.29. The zero-order chi connectivity index (χ0) is 13.3. The molecular weight excluding hydrogens is 240 g/mol. The second kappa shape index (κ2) is 4.84. The molecule has 0 aromatic carbocycles. The Kier molecular flexibility index (Phi) is 4.24. The van der Waals surface area contributed by atoms with Crippen molar-refractivity contribution in [3.63, 3.8) is 0 Å². The van der Waals surface area contributed by atoms with E-state index >= 15 is 0 Å². The van der Waals surface area contributed by atoms with E-state index in [9.17, 15) is 8.42 Å². The number of morpholine rings is 1. The lowest BCUT2D eigenvalue weighted by atomic mass is 10.0. The molecule has 0 bridgehead atoms. The van der Waals surface area contributed by atoms with Crippen molar-refractivity contribution in [3.8, 4) is 0 Å². The van der Waals surface area contributed by atoms with Gasteiger partial charge in [-0.1, -0.05) is 0 Å². The topological polar surface area (TPSA) is 72.6 Å². The maximum atomic E-state index is 12.1. The molecule has 0 spiro atoms. The summed E-state index contributed by atoms with van der Waals surface area (Å²) in [5.41, 5.74) is 4.47. The van der Waals surface area contributed by atoms with Crippen molar-refractivity contribution < 1.29 is 13.2 Å². The molecule has 1 saturated heterocycles. The summed E-state index contributed by atoms with van der Waals surface area (Å²) in [6, 6.07) is 0. The van der Waals surface area contributed by atoms with Crippen LogP contribution in [0.25, 0.3) is 0 Å². The van der Waals surface area contributed by atoms with Crippen LogP contribution in [0.4, 0.5) is 0 Å². The van der Waals surface area contributed by atoms with Gasteiger partial charge < -0.3 is 10.5 Å². The van der Waals surface area contributed by atoms with E-state index in [1.807, 2.05) is 27.7 Å². The number of ether oxygens (including phenoxy) is 1. The lowest BCUT2D eigenvalue weighted by Gasteiger charge is -2.46. The number of hydrogen-bond donors (Lipinski definition) is 1. The standard InChI is InChI=1S/C11H24N2O3S/c1-10(2)8-13(9-11(3,4)16-10)17(14,15)7-5-6-12/h5-9,12H2,1-4H3. The van der Waals surface area contributed by atoms with Crippen LogP contribution >= 0.6 is 0 Å². The first-order chi connectivity index (χ1) is 7.58. The van der Waals surface area contributed by atoms with Crippen molar-refractivity contribution in [2.45, 2.75) is 45.3 Å². The van der Waals surface area contributed by atoms with Crippen molar-refractivity contribution in [2.75, 3.05) is 25.4 Å². The molecule has 0 radical (unpaired) electrons. The molecule has 0 atom stereocenters. The third kappa shape index (κ3) is 4.21. The Morgan fingerprint density at radius 2 is 1.65 bits per heavy atom. The van der Waals surface area contributed by atoms with E-state index in [4.69, 9.17) is 10.5 Å². The predicted molar refractivity (Wildman–Crippen MR) is 68.3 cm³/mol. The lowest BCUT2D eigenvalue weighted by molar-refractivity contribution is -0.163. The summed E-state index contributed by atoms with van der Waals surface area (Å²) in [6.07, 6.45) is 0.501. The normalized spacial score (nSPS) is 24.8. The highest BCUT2D eigenvalue weighted by molar-refractivity contribution is 7.89. The summed E-state index contributed by atoms with van der Waals surface area (Å²) >= 11 is 0. The molecule has 5 nitrogen and oxygen atoms in total. The van der Waals surface area contributed by atoms with Crippen molar-refractivity contribution in [2.24, 2.45) is 5.73 Å². The van der Waals surface area contributed by atoms with E-state index in [0.29, 0.717) is 26.1 Å². The van der Waals surface area contributed by atoms with E-state index in [-0.39, 0.29) is 5.75 Å². The first-order valence-electron chi connectivity index (χ1n) is 5.96. The molecule has 1 rings (SSSR count). The second-order valence-corrected chi connectivity index (χ2v) is 7.94. The van der Waals surface area contributed by atoms with Gasteiger partial charge in [0.05, 0.1) is 17.0 Å². The minimum atomic E-state index is -3.21. The number of hydrogen-bond acceptors (Lipinski definition) is 4. The molecule has 1 heterocycles. The molecular formula is C11H24N2O3S. The molecule has 0 amide bonds. The molecule has 1 fully saturated rings. The number of nitrogens with two attached hydrogens (primary N) is 1. The Morgan fingerprint density at radius 3 is 2.06 bits per heavy atom. The van der Waals surface area contributed by atoms with Gasteiger partial charge in [0, 0.05) is 13.1 Å². The monoisotopic (exact) mass is 264 g/mol. The Balaban J connectivity index is 2.84. The molecule has 1 aliphatic rings. The van der Waals surface area contributed by atoms with Gasteiger partial charge in [0.2, 0.25) is 10.0 Å². The summed E-state index contributed by atoms with van der Waals surface area (Å²) in [4.78, 5) is 0. The van der Waals surface area contributed by atoms with Crippen LogP contribution in [0.2, 0.25) is 0 Å². The van der Waals surface area contributed by atoms with Crippen LogP contribution in [0, 0.1) is 0 Å². The first kappa shape index (κ1) is 14.9. The van der Waals surface area contributed by atoms with Gasteiger partial charge in [-0.2, -0.15) is 4.31 Å². The quantitative estimate of drug-likeness (QED) is 0.805. The first-order valence-corrected chi connectivity index (χ1v) is 7.57. The fourth-order valence-corrected chi connectivity index (χ4v) is 4.11. The zero-order valence-corrected chi connectivity index (χ0v) is 12.0. The number of sulfonamides is 1. The van der Waals surface area contributed by atoms with Crippen LogP contribution in [-0.2, 0) is 14.8 Å². The maximum absolute atomic E-state index is 12.1. The van der Waals surface area contributed by atoms with Gasteiger partial charge in [-0.25, -0.2) is 8.42 Å². The molecule has 6 heteroatoms. The third-order valence-corrected chi connectivity index (χ3v) is 4.52. The highest BCUT2D eigenvalue weighted by atomic mass is 32.2.